The molecule has 2 aromatic heterocycles. The van der Waals surface area contributed by atoms with Gasteiger partial charge in [0.15, 0.2) is 5.69 Å². The molecule has 0 radical (unpaired) electrons. The van der Waals surface area contributed by atoms with Crippen LogP contribution in [0.25, 0.3) is 11.5 Å². The molecular formula is C12H12N6O. The molecule has 7 heteroatoms. The number of aromatic amines is 1. The lowest BCUT2D eigenvalue weighted by atomic mass is 10.3. The molecule has 0 fully saturated rings. The normalized spacial score (nSPS) is 10.5. The van der Waals surface area contributed by atoms with E-state index in [1.165, 1.54) is 0 Å². The van der Waals surface area contributed by atoms with E-state index >= 15 is 0 Å². The van der Waals surface area contributed by atoms with Crippen LogP contribution in [0.15, 0.2) is 41.1 Å². The van der Waals surface area contributed by atoms with Gasteiger partial charge in [0.25, 0.3) is 0 Å². The SMILES string of the molecule is c1ccc(NCCc2nc(-c3cn[nH]n3)no2)cc1. The van der Waals surface area contributed by atoms with Crippen LogP contribution in [0.5, 0.6) is 0 Å². The predicted octanol–water partition coefficient (Wildman–Crippen LogP) is 1.51. The minimum absolute atomic E-state index is 0.448. The first-order valence-corrected chi connectivity index (χ1v) is 5.89. The highest BCUT2D eigenvalue weighted by molar-refractivity contribution is 5.45. The Morgan fingerprint density at radius 2 is 2.11 bits per heavy atom. The van der Waals surface area contributed by atoms with Crippen molar-refractivity contribution >= 4 is 5.69 Å². The molecule has 0 aliphatic carbocycles. The van der Waals surface area contributed by atoms with Gasteiger partial charge in [0, 0.05) is 18.7 Å². The van der Waals surface area contributed by atoms with Crippen molar-refractivity contribution < 1.29 is 4.52 Å². The van der Waals surface area contributed by atoms with Gasteiger partial charge in [-0.15, -0.1) is 0 Å². The van der Waals surface area contributed by atoms with Gasteiger partial charge >= 0.3 is 0 Å². The molecule has 3 aromatic rings. The Kier molecular flexibility index (Phi) is 3.18. The number of H-pyrrole nitrogens is 1. The standard InChI is InChI=1S/C12H12N6O/c1-2-4-9(5-3-1)13-7-6-11-15-12(17-19-11)10-8-14-18-16-10/h1-5,8,13H,6-7H2,(H,14,16,18). The number of hydrogen-bond donors (Lipinski definition) is 2. The third-order valence-electron chi connectivity index (χ3n) is 2.55. The van der Waals surface area contributed by atoms with Crippen LogP contribution < -0.4 is 5.32 Å². The molecule has 2 N–H and O–H groups in total. The molecule has 0 aliphatic rings. The minimum atomic E-state index is 0.448. The molecule has 0 spiro atoms. The van der Waals surface area contributed by atoms with Gasteiger partial charge in [0.1, 0.15) is 0 Å². The Hall–Kier alpha value is -2.70. The molecule has 1 aromatic carbocycles. The number of hydrogen-bond acceptors (Lipinski definition) is 6. The first-order chi connectivity index (χ1) is 9.42. The molecule has 0 atom stereocenters. The lowest BCUT2D eigenvalue weighted by Crippen LogP contribution is -2.04. The predicted molar refractivity (Wildman–Crippen MR) is 68.3 cm³/mol. The van der Waals surface area contributed by atoms with Gasteiger partial charge in [-0.1, -0.05) is 23.4 Å². The van der Waals surface area contributed by atoms with Crippen LogP contribution in [0.4, 0.5) is 5.69 Å². The number of rotatable bonds is 5. The highest BCUT2D eigenvalue weighted by Crippen LogP contribution is 2.11. The topological polar surface area (TPSA) is 92.5 Å². The Bertz CT molecular complexity index is 619. The van der Waals surface area contributed by atoms with Crippen LogP contribution in [0.2, 0.25) is 0 Å². The van der Waals surface area contributed by atoms with Crippen molar-refractivity contribution in [3.63, 3.8) is 0 Å². The second-order valence-corrected chi connectivity index (χ2v) is 3.91. The van der Waals surface area contributed by atoms with E-state index in [9.17, 15) is 0 Å². The number of nitrogens with zero attached hydrogens (tertiary/aromatic N) is 4. The first-order valence-electron chi connectivity index (χ1n) is 5.89. The summed E-state index contributed by atoms with van der Waals surface area (Å²) in [5.74, 6) is 1.02. The summed E-state index contributed by atoms with van der Waals surface area (Å²) in [6.45, 7) is 0.727. The van der Waals surface area contributed by atoms with Crippen LogP contribution in [0.1, 0.15) is 5.89 Å². The molecule has 0 saturated carbocycles. The maximum Gasteiger partial charge on any atom is 0.228 e. The number of anilines is 1. The van der Waals surface area contributed by atoms with E-state index < -0.39 is 0 Å². The maximum absolute atomic E-state index is 5.14. The molecule has 0 amide bonds. The number of para-hydroxylation sites is 1. The van der Waals surface area contributed by atoms with E-state index in [-0.39, 0.29) is 0 Å². The third kappa shape index (κ3) is 2.76. The number of aromatic nitrogens is 5. The van der Waals surface area contributed by atoms with E-state index in [1.807, 2.05) is 30.3 Å². The van der Waals surface area contributed by atoms with Gasteiger partial charge in [-0.3, -0.25) is 0 Å². The van der Waals surface area contributed by atoms with Crippen molar-refractivity contribution in [1.29, 1.82) is 0 Å². The Labute approximate surface area is 109 Å². The molecule has 19 heavy (non-hydrogen) atoms. The Morgan fingerprint density at radius 3 is 2.89 bits per heavy atom. The zero-order valence-corrected chi connectivity index (χ0v) is 10.1. The van der Waals surface area contributed by atoms with Crippen molar-refractivity contribution in [2.45, 2.75) is 6.42 Å². The summed E-state index contributed by atoms with van der Waals surface area (Å²) in [5, 5.41) is 17.2. The van der Waals surface area contributed by atoms with Crippen molar-refractivity contribution in [2.24, 2.45) is 0 Å². The van der Waals surface area contributed by atoms with Crippen LogP contribution in [-0.2, 0) is 6.42 Å². The van der Waals surface area contributed by atoms with Crippen LogP contribution in [-0.4, -0.2) is 32.1 Å². The van der Waals surface area contributed by atoms with E-state index in [0.29, 0.717) is 23.8 Å². The summed E-state index contributed by atoms with van der Waals surface area (Å²) in [6.07, 6.45) is 2.20. The van der Waals surface area contributed by atoms with E-state index in [0.717, 1.165) is 12.2 Å². The van der Waals surface area contributed by atoms with Crippen molar-refractivity contribution in [3.8, 4) is 11.5 Å². The van der Waals surface area contributed by atoms with Gasteiger partial charge in [-0.05, 0) is 12.1 Å². The van der Waals surface area contributed by atoms with Gasteiger partial charge < -0.3 is 9.84 Å². The molecule has 0 saturated heterocycles. The van der Waals surface area contributed by atoms with Gasteiger partial charge in [-0.2, -0.15) is 20.4 Å². The summed E-state index contributed by atoms with van der Waals surface area (Å²) >= 11 is 0. The summed E-state index contributed by atoms with van der Waals surface area (Å²) in [4.78, 5) is 4.24. The molecule has 2 heterocycles. The maximum atomic E-state index is 5.14. The summed E-state index contributed by atoms with van der Waals surface area (Å²) < 4.78 is 5.14. The number of benzene rings is 1. The largest absolute Gasteiger partial charge is 0.385 e. The fourth-order valence-electron chi connectivity index (χ4n) is 1.64. The highest BCUT2D eigenvalue weighted by Gasteiger charge is 2.10. The van der Waals surface area contributed by atoms with Gasteiger partial charge in [0.05, 0.1) is 6.20 Å². The molecular weight excluding hydrogens is 244 g/mol. The highest BCUT2D eigenvalue weighted by atomic mass is 16.5. The van der Waals surface area contributed by atoms with E-state index in [4.69, 9.17) is 4.52 Å². The fourth-order valence-corrected chi connectivity index (χ4v) is 1.64. The zero-order chi connectivity index (χ0) is 12.9. The van der Waals surface area contributed by atoms with Crippen LogP contribution in [0.3, 0.4) is 0 Å². The van der Waals surface area contributed by atoms with Gasteiger partial charge in [-0.25, -0.2) is 0 Å². The summed E-state index contributed by atoms with van der Waals surface area (Å²) in [7, 11) is 0. The minimum Gasteiger partial charge on any atom is -0.385 e. The molecule has 3 rings (SSSR count). The quantitative estimate of drug-likeness (QED) is 0.718. The number of nitrogens with one attached hydrogen (secondary N) is 2. The average Bonchev–Trinajstić information content (AvgIpc) is 3.10. The van der Waals surface area contributed by atoms with Crippen molar-refractivity contribution in [3.05, 3.63) is 42.4 Å². The van der Waals surface area contributed by atoms with Crippen LogP contribution >= 0.6 is 0 Å². The molecule has 96 valence electrons. The molecule has 7 nitrogen and oxygen atoms in total. The average molecular weight is 256 g/mol. The Balaban J connectivity index is 1.56. The molecule has 0 unspecified atom stereocenters. The second-order valence-electron chi connectivity index (χ2n) is 3.91. The van der Waals surface area contributed by atoms with Crippen molar-refractivity contribution in [2.75, 3.05) is 11.9 Å². The lowest BCUT2D eigenvalue weighted by molar-refractivity contribution is 0.381. The van der Waals surface area contributed by atoms with Crippen molar-refractivity contribution in [1.82, 2.24) is 25.6 Å². The zero-order valence-electron chi connectivity index (χ0n) is 10.1. The lowest BCUT2D eigenvalue weighted by Gasteiger charge is -2.02. The Morgan fingerprint density at radius 1 is 1.21 bits per heavy atom. The smallest absolute Gasteiger partial charge is 0.228 e. The summed E-state index contributed by atoms with van der Waals surface area (Å²) in [6, 6.07) is 9.96. The van der Waals surface area contributed by atoms with Crippen LogP contribution in [0, 0.1) is 0 Å². The third-order valence-corrected chi connectivity index (χ3v) is 2.55. The van der Waals surface area contributed by atoms with E-state index in [2.05, 4.69) is 30.9 Å². The first kappa shape index (κ1) is 11.4. The van der Waals surface area contributed by atoms with Gasteiger partial charge in [0.2, 0.25) is 11.7 Å². The second kappa shape index (κ2) is 5.30. The molecule has 0 aliphatic heterocycles. The fraction of sp³-hybridized carbons (Fsp3) is 0.167. The monoisotopic (exact) mass is 256 g/mol. The summed E-state index contributed by atoms with van der Waals surface area (Å²) in [5.41, 5.74) is 1.64. The molecule has 0 bridgehead atoms. The van der Waals surface area contributed by atoms with E-state index in [1.54, 1.807) is 6.20 Å².